The van der Waals surface area contributed by atoms with Crippen molar-refractivity contribution >= 4 is 11.6 Å². The minimum atomic E-state index is -4.37. The first kappa shape index (κ1) is 18.1. The summed E-state index contributed by atoms with van der Waals surface area (Å²) in [5.41, 5.74) is 1.89. The molecule has 4 rings (SSSR count). The van der Waals surface area contributed by atoms with Crippen molar-refractivity contribution in [1.82, 2.24) is 10.2 Å². The third-order valence-corrected chi connectivity index (χ3v) is 5.49. The van der Waals surface area contributed by atoms with Crippen LogP contribution in [0.4, 0.5) is 18.9 Å². The lowest BCUT2D eigenvalue weighted by molar-refractivity contribution is -0.137. The molecule has 4 nitrogen and oxygen atoms in total. The van der Waals surface area contributed by atoms with E-state index >= 15 is 0 Å². The van der Waals surface area contributed by atoms with Crippen molar-refractivity contribution in [3.05, 3.63) is 35.5 Å². The molecular weight excluding hydrogens is 355 g/mol. The van der Waals surface area contributed by atoms with Crippen LogP contribution in [0.2, 0.25) is 0 Å². The van der Waals surface area contributed by atoms with Gasteiger partial charge in [-0.2, -0.15) is 18.3 Å². The largest absolute Gasteiger partial charge is 0.416 e. The molecule has 0 bridgehead atoms. The summed E-state index contributed by atoms with van der Waals surface area (Å²) in [6, 6.07) is 4.92. The first-order chi connectivity index (χ1) is 12.9. The van der Waals surface area contributed by atoms with Gasteiger partial charge in [-0.05, 0) is 37.8 Å². The molecule has 144 valence electrons. The van der Waals surface area contributed by atoms with Crippen LogP contribution in [-0.4, -0.2) is 16.1 Å². The molecule has 0 atom stereocenters. The van der Waals surface area contributed by atoms with Crippen molar-refractivity contribution in [3.63, 3.8) is 0 Å². The number of alkyl halides is 3. The fourth-order valence-electron chi connectivity index (χ4n) is 3.77. The molecule has 1 amide bonds. The molecule has 7 heteroatoms. The van der Waals surface area contributed by atoms with Crippen LogP contribution in [0.1, 0.15) is 62.1 Å². The second-order valence-corrected chi connectivity index (χ2v) is 7.53. The number of carbonyl (C=O) groups is 1. The SMILES string of the molecule is O=C(Nc1c(-c2ccc(C(F)(F)F)cc2)n[nH]c1C1CC1)C1CCCCC1. The van der Waals surface area contributed by atoms with Gasteiger partial charge >= 0.3 is 6.18 Å². The van der Waals surface area contributed by atoms with E-state index in [0.717, 1.165) is 56.4 Å². The number of aromatic amines is 1. The highest BCUT2D eigenvalue weighted by Crippen LogP contribution is 2.45. The molecule has 0 saturated heterocycles. The van der Waals surface area contributed by atoms with Gasteiger partial charge in [0, 0.05) is 17.4 Å². The summed E-state index contributed by atoms with van der Waals surface area (Å²) < 4.78 is 38.5. The quantitative estimate of drug-likeness (QED) is 0.740. The maximum absolute atomic E-state index is 12.8. The summed E-state index contributed by atoms with van der Waals surface area (Å²) in [4.78, 5) is 12.7. The Bertz CT molecular complexity index is 816. The number of H-pyrrole nitrogens is 1. The molecule has 2 saturated carbocycles. The molecule has 0 radical (unpaired) electrons. The minimum absolute atomic E-state index is 0.00107. The molecule has 2 fully saturated rings. The first-order valence-corrected chi connectivity index (χ1v) is 9.50. The third kappa shape index (κ3) is 3.87. The molecule has 0 aliphatic heterocycles. The average molecular weight is 377 g/mol. The van der Waals surface area contributed by atoms with Gasteiger partial charge in [0.15, 0.2) is 0 Å². The summed E-state index contributed by atoms with van der Waals surface area (Å²) in [5, 5.41) is 10.4. The lowest BCUT2D eigenvalue weighted by atomic mass is 9.88. The van der Waals surface area contributed by atoms with E-state index in [-0.39, 0.29) is 11.8 Å². The van der Waals surface area contributed by atoms with Gasteiger partial charge < -0.3 is 5.32 Å². The summed E-state index contributed by atoms with van der Waals surface area (Å²) in [6.45, 7) is 0. The van der Waals surface area contributed by atoms with Gasteiger partial charge in [-0.15, -0.1) is 0 Å². The highest BCUT2D eigenvalue weighted by molar-refractivity contribution is 5.97. The monoisotopic (exact) mass is 377 g/mol. The summed E-state index contributed by atoms with van der Waals surface area (Å²) >= 11 is 0. The van der Waals surface area contributed by atoms with E-state index in [0.29, 0.717) is 22.9 Å². The molecule has 2 aliphatic rings. The Morgan fingerprint density at radius 3 is 2.30 bits per heavy atom. The maximum atomic E-state index is 12.8. The number of anilines is 1. The van der Waals surface area contributed by atoms with E-state index in [1.807, 2.05) is 0 Å². The van der Waals surface area contributed by atoms with E-state index in [9.17, 15) is 18.0 Å². The summed E-state index contributed by atoms with van der Waals surface area (Å²) in [5.74, 6) is 0.328. The van der Waals surface area contributed by atoms with Gasteiger partial charge in [0.25, 0.3) is 0 Å². The van der Waals surface area contributed by atoms with Crippen molar-refractivity contribution in [3.8, 4) is 11.3 Å². The Kier molecular flexibility index (Phi) is 4.70. The number of carbonyl (C=O) groups excluding carboxylic acids is 1. The molecule has 0 unspecified atom stereocenters. The van der Waals surface area contributed by atoms with Crippen LogP contribution in [0.15, 0.2) is 24.3 Å². The number of hydrogen-bond acceptors (Lipinski definition) is 2. The summed E-state index contributed by atoms with van der Waals surface area (Å²) in [7, 11) is 0. The molecule has 2 aliphatic carbocycles. The Morgan fingerprint density at radius 2 is 1.70 bits per heavy atom. The van der Waals surface area contributed by atoms with Gasteiger partial charge in [0.2, 0.25) is 5.91 Å². The number of halogens is 3. The number of nitrogens with one attached hydrogen (secondary N) is 2. The van der Waals surface area contributed by atoms with Crippen LogP contribution in [0.5, 0.6) is 0 Å². The van der Waals surface area contributed by atoms with Crippen molar-refractivity contribution in [2.75, 3.05) is 5.32 Å². The predicted molar refractivity (Wildman–Crippen MR) is 96.2 cm³/mol. The number of nitrogens with zero attached hydrogens (tertiary/aromatic N) is 1. The highest BCUT2D eigenvalue weighted by Gasteiger charge is 2.33. The van der Waals surface area contributed by atoms with Gasteiger partial charge in [-0.1, -0.05) is 31.4 Å². The fraction of sp³-hybridized carbons (Fsp3) is 0.500. The smallest absolute Gasteiger partial charge is 0.322 e. The van der Waals surface area contributed by atoms with Gasteiger partial charge in [-0.25, -0.2) is 0 Å². The van der Waals surface area contributed by atoms with E-state index in [4.69, 9.17) is 0 Å². The Balaban J connectivity index is 1.62. The molecule has 2 N–H and O–H groups in total. The zero-order chi connectivity index (χ0) is 19.0. The number of aromatic nitrogens is 2. The highest BCUT2D eigenvalue weighted by atomic mass is 19.4. The molecular formula is C20H22F3N3O. The zero-order valence-corrected chi connectivity index (χ0v) is 14.9. The zero-order valence-electron chi connectivity index (χ0n) is 14.9. The van der Waals surface area contributed by atoms with Crippen molar-refractivity contribution in [2.45, 2.75) is 57.0 Å². The van der Waals surface area contributed by atoms with Gasteiger partial charge in [0.1, 0.15) is 5.69 Å². The normalized spacial score (nSPS) is 18.5. The molecule has 2 aromatic rings. The fourth-order valence-corrected chi connectivity index (χ4v) is 3.77. The predicted octanol–water partition coefficient (Wildman–Crippen LogP) is 5.49. The van der Waals surface area contributed by atoms with Gasteiger partial charge in [-0.3, -0.25) is 9.89 Å². The maximum Gasteiger partial charge on any atom is 0.416 e. The average Bonchev–Trinajstić information content (AvgIpc) is 3.42. The van der Waals surface area contributed by atoms with Crippen molar-refractivity contribution < 1.29 is 18.0 Å². The van der Waals surface area contributed by atoms with Crippen LogP contribution >= 0.6 is 0 Å². The number of rotatable bonds is 4. The van der Waals surface area contributed by atoms with E-state index in [1.165, 1.54) is 18.6 Å². The first-order valence-electron chi connectivity index (χ1n) is 9.50. The molecule has 1 aromatic heterocycles. The topological polar surface area (TPSA) is 57.8 Å². The number of hydrogen-bond donors (Lipinski definition) is 2. The van der Waals surface area contributed by atoms with E-state index in [1.54, 1.807) is 0 Å². The van der Waals surface area contributed by atoms with E-state index in [2.05, 4.69) is 15.5 Å². The van der Waals surface area contributed by atoms with Crippen molar-refractivity contribution in [2.24, 2.45) is 5.92 Å². The third-order valence-electron chi connectivity index (χ3n) is 5.49. The Labute approximate surface area is 155 Å². The lowest BCUT2D eigenvalue weighted by Gasteiger charge is -2.21. The molecule has 1 aromatic carbocycles. The lowest BCUT2D eigenvalue weighted by Crippen LogP contribution is -2.25. The second kappa shape index (κ2) is 7.02. The number of benzene rings is 1. The minimum Gasteiger partial charge on any atom is -0.322 e. The van der Waals surface area contributed by atoms with Crippen LogP contribution in [0.3, 0.4) is 0 Å². The summed E-state index contributed by atoms with van der Waals surface area (Å²) in [6.07, 6.45) is 2.74. The molecule has 27 heavy (non-hydrogen) atoms. The second-order valence-electron chi connectivity index (χ2n) is 7.53. The van der Waals surface area contributed by atoms with Crippen LogP contribution < -0.4 is 5.32 Å². The van der Waals surface area contributed by atoms with Crippen LogP contribution in [-0.2, 0) is 11.0 Å². The Morgan fingerprint density at radius 1 is 1.04 bits per heavy atom. The van der Waals surface area contributed by atoms with E-state index < -0.39 is 11.7 Å². The molecule has 1 heterocycles. The van der Waals surface area contributed by atoms with Crippen molar-refractivity contribution in [1.29, 1.82) is 0 Å². The van der Waals surface area contributed by atoms with Crippen LogP contribution in [0.25, 0.3) is 11.3 Å². The van der Waals surface area contributed by atoms with Crippen LogP contribution in [0, 0.1) is 5.92 Å². The standard InChI is InChI=1S/C20H22F3N3O/c21-20(22,23)15-10-8-13(9-11-15)17-18(16(25-26-17)12-6-7-12)24-19(27)14-4-2-1-3-5-14/h8-12,14H,1-7H2,(H,24,27)(H,25,26). The van der Waals surface area contributed by atoms with Gasteiger partial charge in [0.05, 0.1) is 16.9 Å². The molecule has 0 spiro atoms. The number of amides is 1. The Hall–Kier alpha value is -2.31.